The molecule has 8 nitrogen and oxygen atoms in total. The number of nitrogens with one attached hydrogen (secondary N) is 2. The van der Waals surface area contributed by atoms with Crippen LogP contribution in [-0.2, 0) is 16.0 Å². The number of piperazine rings is 1. The van der Waals surface area contributed by atoms with Gasteiger partial charge >= 0.3 is 0 Å². The molecule has 4 unspecified atom stereocenters. The Morgan fingerprint density at radius 2 is 1.94 bits per heavy atom. The second kappa shape index (κ2) is 9.22. The summed E-state index contributed by atoms with van der Waals surface area (Å²) in [6.07, 6.45) is 7.98. The topological polar surface area (TPSA) is 80.8 Å². The Balaban J connectivity index is 1.11. The predicted molar refractivity (Wildman–Crippen MR) is 117 cm³/mol. The third-order valence-electron chi connectivity index (χ3n) is 7.58. The summed E-state index contributed by atoms with van der Waals surface area (Å²) in [7, 11) is 0. The van der Waals surface area contributed by atoms with Gasteiger partial charge in [0.2, 0.25) is 11.8 Å². The van der Waals surface area contributed by atoms with Crippen LogP contribution in [0.5, 0.6) is 0 Å². The summed E-state index contributed by atoms with van der Waals surface area (Å²) in [5, 5.41) is 0. The van der Waals surface area contributed by atoms with E-state index in [1.807, 2.05) is 28.1 Å². The quantitative estimate of drug-likeness (QED) is 0.718. The number of pyridine rings is 1. The van der Waals surface area contributed by atoms with E-state index in [-0.39, 0.29) is 23.9 Å². The van der Waals surface area contributed by atoms with Gasteiger partial charge in [0.15, 0.2) is 0 Å². The summed E-state index contributed by atoms with van der Waals surface area (Å²) in [6.45, 7) is 4.80. The first-order valence-electron chi connectivity index (χ1n) is 11.9. The average Bonchev–Trinajstić information content (AvgIpc) is 3.41. The largest absolute Gasteiger partial charge is 0.340 e. The van der Waals surface area contributed by atoms with Crippen LogP contribution < -0.4 is 10.9 Å². The Bertz CT molecular complexity index is 782. The van der Waals surface area contributed by atoms with Gasteiger partial charge in [0, 0.05) is 76.0 Å². The lowest BCUT2D eigenvalue weighted by Gasteiger charge is -2.36. The molecule has 5 rings (SSSR count). The van der Waals surface area contributed by atoms with Crippen LogP contribution in [0, 0.1) is 11.8 Å². The standard InChI is InChI=1S/C23H34N6O2/c30-21-15-17(16-29(21)22-19-6-1-2-7-20(19)25-26-22)23(31)28-13-11-27(12-14-28)10-8-18-5-3-4-9-24-18/h3-5,9,17,19-20,22,25-26H,1-2,6-8,10-16H2. The Morgan fingerprint density at radius 1 is 1.10 bits per heavy atom. The maximum Gasteiger partial charge on any atom is 0.228 e. The van der Waals surface area contributed by atoms with Gasteiger partial charge in [-0.1, -0.05) is 18.9 Å². The van der Waals surface area contributed by atoms with Crippen molar-refractivity contribution in [2.75, 3.05) is 39.3 Å². The number of carbonyl (C=O) groups excluding carboxylic acids is 2. The molecule has 4 heterocycles. The number of amides is 2. The van der Waals surface area contributed by atoms with Crippen LogP contribution in [0.15, 0.2) is 24.4 Å². The molecule has 0 spiro atoms. The van der Waals surface area contributed by atoms with E-state index in [0.717, 1.165) is 51.3 Å². The summed E-state index contributed by atoms with van der Waals surface area (Å²) in [6, 6.07) is 6.49. The highest BCUT2D eigenvalue weighted by molar-refractivity contribution is 5.89. The number of aromatic nitrogens is 1. The average molecular weight is 427 g/mol. The normalized spacial score (nSPS) is 31.8. The van der Waals surface area contributed by atoms with E-state index < -0.39 is 0 Å². The molecule has 2 amide bonds. The molecule has 0 bridgehead atoms. The number of nitrogens with zero attached hydrogens (tertiary/aromatic N) is 4. The molecule has 1 saturated carbocycles. The van der Waals surface area contributed by atoms with Gasteiger partial charge in [-0.25, -0.2) is 5.43 Å². The number of fused-ring (bicyclic) bond motifs is 1. The van der Waals surface area contributed by atoms with Crippen molar-refractivity contribution in [3.05, 3.63) is 30.1 Å². The first kappa shape index (κ1) is 20.8. The van der Waals surface area contributed by atoms with Gasteiger partial charge in [-0.3, -0.25) is 24.9 Å². The second-order valence-electron chi connectivity index (χ2n) is 9.47. The van der Waals surface area contributed by atoms with Crippen molar-refractivity contribution in [1.29, 1.82) is 0 Å². The van der Waals surface area contributed by atoms with Crippen LogP contribution in [0.2, 0.25) is 0 Å². The lowest BCUT2D eigenvalue weighted by molar-refractivity contribution is -0.137. The predicted octanol–water partition coefficient (Wildman–Crippen LogP) is 0.610. The Hall–Kier alpha value is -2.03. The number of likely N-dealkylation sites (tertiary alicyclic amines) is 1. The van der Waals surface area contributed by atoms with E-state index in [9.17, 15) is 9.59 Å². The first-order chi connectivity index (χ1) is 15.2. The third-order valence-corrected chi connectivity index (χ3v) is 7.58. The van der Waals surface area contributed by atoms with Crippen LogP contribution in [0.25, 0.3) is 0 Å². The van der Waals surface area contributed by atoms with Gasteiger partial charge < -0.3 is 9.80 Å². The van der Waals surface area contributed by atoms with Crippen molar-refractivity contribution in [2.24, 2.45) is 11.8 Å². The van der Waals surface area contributed by atoms with Crippen molar-refractivity contribution >= 4 is 11.8 Å². The zero-order valence-electron chi connectivity index (χ0n) is 18.2. The monoisotopic (exact) mass is 426 g/mol. The highest BCUT2D eigenvalue weighted by Crippen LogP contribution is 2.34. The second-order valence-corrected chi connectivity index (χ2v) is 9.47. The minimum Gasteiger partial charge on any atom is -0.340 e. The van der Waals surface area contributed by atoms with Crippen molar-refractivity contribution in [3.8, 4) is 0 Å². The molecule has 1 aromatic heterocycles. The van der Waals surface area contributed by atoms with Crippen molar-refractivity contribution in [2.45, 2.75) is 50.7 Å². The fourth-order valence-corrected chi connectivity index (χ4v) is 5.76. The maximum atomic E-state index is 13.2. The Morgan fingerprint density at radius 3 is 2.74 bits per heavy atom. The van der Waals surface area contributed by atoms with Crippen molar-refractivity contribution < 1.29 is 9.59 Å². The van der Waals surface area contributed by atoms with Crippen LogP contribution >= 0.6 is 0 Å². The molecule has 0 aromatic carbocycles. The van der Waals surface area contributed by atoms with Gasteiger partial charge in [-0.2, -0.15) is 0 Å². The molecule has 0 radical (unpaired) electrons. The lowest BCUT2D eigenvalue weighted by atomic mass is 9.84. The van der Waals surface area contributed by atoms with E-state index in [1.165, 1.54) is 19.3 Å². The van der Waals surface area contributed by atoms with Crippen molar-refractivity contribution in [1.82, 2.24) is 30.5 Å². The molecular formula is C23H34N6O2. The number of hydrazine groups is 1. The highest BCUT2D eigenvalue weighted by Gasteiger charge is 2.46. The smallest absolute Gasteiger partial charge is 0.228 e. The summed E-state index contributed by atoms with van der Waals surface area (Å²) < 4.78 is 0. The summed E-state index contributed by atoms with van der Waals surface area (Å²) in [5.41, 5.74) is 7.87. The molecule has 3 aliphatic heterocycles. The van der Waals surface area contributed by atoms with E-state index in [4.69, 9.17) is 0 Å². The molecule has 8 heteroatoms. The summed E-state index contributed by atoms with van der Waals surface area (Å²) in [4.78, 5) is 36.6. The molecular weight excluding hydrogens is 392 g/mol. The number of hydrogen-bond donors (Lipinski definition) is 2. The number of rotatable bonds is 5. The van der Waals surface area contributed by atoms with Gasteiger partial charge in [-0.05, 0) is 25.0 Å². The molecule has 168 valence electrons. The van der Waals surface area contributed by atoms with E-state index >= 15 is 0 Å². The van der Waals surface area contributed by atoms with E-state index in [1.54, 1.807) is 0 Å². The summed E-state index contributed by atoms with van der Waals surface area (Å²) >= 11 is 0. The van der Waals surface area contributed by atoms with Gasteiger partial charge in [-0.15, -0.1) is 0 Å². The van der Waals surface area contributed by atoms with E-state index in [0.29, 0.717) is 24.9 Å². The fraction of sp³-hybridized carbons (Fsp3) is 0.696. The van der Waals surface area contributed by atoms with Crippen LogP contribution in [-0.4, -0.2) is 83.0 Å². The van der Waals surface area contributed by atoms with Crippen LogP contribution in [0.1, 0.15) is 37.8 Å². The molecule has 1 aliphatic carbocycles. The molecule has 31 heavy (non-hydrogen) atoms. The maximum absolute atomic E-state index is 13.2. The Labute approximate surface area is 184 Å². The van der Waals surface area contributed by atoms with Gasteiger partial charge in [0.25, 0.3) is 0 Å². The van der Waals surface area contributed by atoms with Crippen LogP contribution in [0.4, 0.5) is 0 Å². The minimum absolute atomic E-state index is 0.0408. The third kappa shape index (κ3) is 4.47. The zero-order valence-corrected chi connectivity index (χ0v) is 18.2. The first-order valence-corrected chi connectivity index (χ1v) is 11.9. The molecule has 2 N–H and O–H groups in total. The highest BCUT2D eigenvalue weighted by atomic mass is 16.2. The SMILES string of the molecule is O=C(C1CC(=O)N(C2NNC3CCCCC32)C1)N1CCN(CCc2ccccn2)CC1. The molecule has 3 saturated heterocycles. The molecule has 4 atom stereocenters. The van der Waals surface area contributed by atoms with Gasteiger partial charge in [0.05, 0.1) is 12.1 Å². The molecule has 4 aliphatic rings. The molecule has 4 fully saturated rings. The number of carbonyl (C=O) groups is 2. The van der Waals surface area contributed by atoms with Crippen LogP contribution in [0.3, 0.4) is 0 Å². The minimum atomic E-state index is -0.197. The van der Waals surface area contributed by atoms with E-state index in [2.05, 4.69) is 26.8 Å². The van der Waals surface area contributed by atoms with Gasteiger partial charge in [0.1, 0.15) is 0 Å². The lowest BCUT2D eigenvalue weighted by Crippen LogP contribution is -2.51. The Kier molecular flexibility index (Phi) is 6.20. The summed E-state index contributed by atoms with van der Waals surface area (Å²) in [5.74, 6) is 0.551. The fourth-order valence-electron chi connectivity index (χ4n) is 5.76. The number of hydrogen-bond acceptors (Lipinski definition) is 6. The zero-order chi connectivity index (χ0) is 21.2. The van der Waals surface area contributed by atoms with Crippen molar-refractivity contribution in [3.63, 3.8) is 0 Å². The molecule has 1 aromatic rings.